The number of hydrogen-bond acceptors (Lipinski definition) is 3. The van der Waals surface area contributed by atoms with Gasteiger partial charge < -0.3 is 15.4 Å². The predicted octanol–water partition coefficient (Wildman–Crippen LogP) is 2.36. The molecule has 0 radical (unpaired) electrons. The van der Waals surface area contributed by atoms with E-state index in [2.05, 4.69) is 10.6 Å². The van der Waals surface area contributed by atoms with Gasteiger partial charge in [-0.25, -0.2) is 0 Å². The zero-order valence-corrected chi connectivity index (χ0v) is 11.1. The van der Waals surface area contributed by atoms with Crippen LogP contribution in [0, 0.1) is 0 Å². The Hall–Kier alpha value is -0.770. The molecule has 94 valence electrons. The van der Waals surface area contributed by atoms with Crippen LogP contribution in [0.1, 0.15) is 24.4 Å². The number of nitrogens with one attached hydrogen (secondary N) is 2. The van der Waals surface area contributed by atoms with Crippen LogP contribution in [0.15, 0.2) is 18.2 Å². The van der Waals surface area contributed by atoms with E-state index in [9.17, 15) is 0 Å². The molecule has 0 saturated carbocycles. The summed E-state index contributed by atoms with van der Waals surface area (Å²) in [6, 6.07) is 6.60. The van der Waals surface area contributed by atoms with Crippen LogP contribution in [-0.2, 0) is 0 Å². The molecule has 0 aromatic heterocycles. The Morgan fingerprint density at radius 1 is 1.53 bits per heavy atom. The van der Waals surface area contributed by atoms with Gasteiger partial charge in [-0.1, -0.05) is 17.7 Å². The second-order valence-electron chi connectivity index (χ2n) is 4.36. The maximum Gasteiger partial charge on any atom is 0.120 e. The third kappa shape index (κ3) is 2.73. The minimum atomic E-state index is 0.260. The molecule has 2 N–H and O–H groups in total. The molecule has 0 amide bonds. The molecular weight excluding hydrogens is 236 g/mol. The Morgan fingerprint density at radius 2 is 2.35 bits per heavy atom. The van der Waals surface area contributed by atoms with Gasteiger partial charge in [0, 0.05) is 17.1 Å². The van der Waals surface area contributed by atoms with Crippen molar-refractivity contribution in [2.45, 2.75) is 24.9 Å². The molecule has 1 aliphatic rings. The van der Waals surface area contributed by atoms with Gasteiger partial charge in [-0.05, 0) is 44.1 Å². The Labute approximate surface area is 107 Å². The first-order valence-electron chi connectivity index (χ1n) is 6.00. The summed E-state index contributed by atoms with van der Waals surface area (Å²) in [5.41, 5.74) is 1.13. The first-order chi connectivity index (χ1) is 8.26. The average molecular weight is 255 g/mol. The van der Waals surface area contributed by atoms with E-state index >= 15 is 0 Å². The highest BCUT2D eigenvalue weighted by Crippen LogP contribution is 2.31. The zero-order valence-electron chi connectivity index (χ0n) is 10.3. The number of rotatable bonds is 4. The maximum absolute atomic E-state index is 6.31. The van der Waals surface area contributed by atoms with Gasteiger partial charge in [0.2, 0.25) is 0 Å². The van der Waals surface area contributed by atoms with Crippen molar-refractivity contribution in [2.24, 2.45) is 0 Å². The van der Waals surface area contributed by atoms with Gasteiger partial charge in [0.25, 0.3) is 0 Å². The van der Waals surface area contributed by atoms with E-state index in [1.54, 1.807) is 7.11 Å². The van der Waals surface area contributed by atoms with Crippen molar-refractivity contribution in [3.8, 4) is 5.75 Å². The van der Waals surface area contributed by atoms with E-state index in [0.717, 1.165) is 22.9 Å². The first-order valence-corrected chi connectivity index (χ1v) is 6.38. The van der Waals surface area contributed by atoms with Crippen molar-refractivity contribution in [2.75, 3.05) is 20.7 Å². The highest BCUT2D eigenvalue weighted by atomic mass is 35.5. The van der Waals surface area contributed by atoms with Crippen LogP contribution >= 0.6 is 11.6 Å². The Bertz CT molecular complexity index is 378. The standard InChI is InChI=1S/C13H19ClN2O/c1-15-13(12-4-3-7-16-12)10-6-5-9(17-2)8-11(10)14/h5-6,8,12-13,15-16H,3-4,7H2,1-2H3. The summed E-state index contributed by atoms with van der Waals surface area (Å²) >= 11 is 6.31. The molecule has 2 atom stereocenters. The Morgan fingerprint density at radius 3 is 2.88 bits per heavy atom. The third-order valence-corrected chi connectivity index (χ3v) is 3.68. The minimum Gasteiger partial charge on any atom is -0.497 e. The molecule has 0 bridgehead atoms. The largest absolute Gasteiger partial charge is 0.497 e. The molecule has 1 fully saturated rings. The molecule has 1 saturated heterocycles. The fourth-order valence-electron chi connectivity index (χ4n) is 2.46. The van der Waals surface area contributed by atoms with Gasteiger partial charge >= 0.3 is 0 Å². The first kappa shape index (κ1) is 12.7. The summed E-state index contributed by atoms with van der Waals surface area (Å²) in [6.07, 6.45) is 2.42. The summed E-state index contributed by atoms with van der Waals surface area (Å²) in [7, 11) is 3.63. The summed E-state index contributed by atoms with van der Waals surface area (Å²) in [5, 5.41) is 7.62. The number of likely N-dealkylation sites (N-methyl/N-ethyl adjacent to an activating group) is 1. The Kier molecular flexibility index (Phi) is 4.26. The van der Waals surface area contributed by atoms with Crippen molar-refractivity contribution < 1.29 is 4.74 Å². The summed E-state index contributed by atoms with van der Waals surface area (Å²) in [6.45, 7) is 1.09. The molecule has 17 heavy (non-hydrogen) atoms. The lowest BCUT2D eigenvalue weighted by Gasteiger charge is -2.24. The SMILES string of the molecule is CNC(c1ccc(OC)cc1Cl)C1CCCN1. The maximum atomic E-state index is 6.31. The van der Waals surface area contributed by atoms with Crippen LogP contribution in [0.3, 0.4) is 0 Å². The van der Waals surface area contributed by atoms with Gasteiger partial charge in [-0.2, -0.15) is 0 Å². The van der Waals surface area contributed by atoms with Crippen LogP contribution < -0.4 is 15.4 Å². The monoisotopic (exact) mass is 254 g/mol. The van der Waals surface area contributed by atoms with Crippen molar-refractivity contribution in [3.05, 3.63) is 28.8 Å². The van der Waals surface area contributed by atoms with Gasteiger partial charge in [0.1, 0.15) is 5.75 Å². The Balaban J connectivity index is 2.23. The number of benzene rings is 1. The topological polar surface area (TPSA) is 33.3 Å². The molecule has 3 nitrogen and oxygen atoms in total. The average Bonchev–Trinajstić information content (AvgIpc) is 2.85. The van der Waals surface area contributed by atoms with E-state index in [-0.39, 0.29) is 6.04 Å². The van der Waals surface area contributed by atoms with Gasteiger partial charge in [0.05, 0.1) is 7.11 Å². The lowest BCUT2D eigenvalue weighted by atomic mass is 9.98. The second kappa shape index (κ2) is 5.71. The molecule has 1 aromatic rings. The third-order valence-electron chi connectivity index (χ3n) is 3.35. The molecule has 1 heterocycles. The van der Waals surface area contributed by atoms with E-state index in [4.69, 9.17) is 16.3 Å². The van der Waals surface area contributed by atoms with Crippen molar-refractivity contribution in [3.63, 3.8) is 0 Å². The van der Waals surface area contributed by atoms with Crippen LogP contribution in [0.2, 0.25) is 5.02 Å². The van der Waals surface area contributed by atoms with Gasteiger partial charge in [0.15, 0.2) is 0 Å². The molecule has 0 spiro atoms. The summed E-state index contributed by atoms with van der Waals surface area (Å²) in [4.78, 5) is 0. The molecule has 1 aromatic carbocycles. The smallest absolute Gasteiger partial charge is 0.120 e. The van der Waals surface area contributed by atoms with Gasteiger partial charge in [-0.15, -0.1) is 0 Å². The lowest BCUT2D eigenvalue weighted by Crippen LogP contribution is -2.36. The number of hydrogen-bond donors (Lipinski definition) is 2. The van der Waals surface area contributed by atoms with Crippen LogP contribution in [-0.4, -0.2) is 26.7 Å². The normalized spacial score (nSPS) is 21.5. The molecular formula is C13H19ClN2O. The van der Waals surface area contributed by atoms with Crippen LogP contribution in [0.25, 0.3) is 0 Å². The fourth-order valence-corrected chi connectivity index (χ4v) is 2.74. The molecule has 1 aliphatic heterocycles. The number of ether oxygens (including phenoxy) is 1. The predicted molar refractivity (Wildman–Crippen MR) is 70.8 cm³/mol. The van der Waals surface area contributed by atoms with E-state index in [1.807, 2.05) is 25.2 Å². The molecule has 2 unspecified atom stereocenters. The molecule has 4 heteroatoms. The van der Waals surface area contributed by atoms with Gasteiger partial charge in [-0.3, -0.25) is 0 Å². The summed E-state index contributed by atoms with van der Waals surface area (Å²) < 4.78 is 5.17. The quantitative estimate of drug-likeness (QED) is 0.866. The number of halogens is 1. The van der Waals surface area contributed by atoms with Crippen molar-refractivity contribution in [1.29, 1.82) is 0 Å². The van der Waals surface area contributed by atoms with E-state index in [0.29, 0.717) is 6.04 Å². The van der Waals surface area contributed by atoms with Crippen LogP contribution in [0.4, 0.5) is 0 Å². The van der Waals surface area contributed by atoms with Crippen molar-refractivity contribution in [1.82, 2.24) is 10.6 Å². The van der Waals surface area contributed by atoms with Crippen molar-refractivity contribution >= 4 is 11.6 Å². The highest BCUT2D eigenvalue weighted by molar-refractivity contribution is 6.31. The minimum absolute atomic E-state index is 0.260. The molecule has 0 aliphatic carbocycles. The van der Waals surface area contributed by atoms with E-state index in [1.165, 1.54) is 12.8 Å². The fraction of sp³-hybridized carbons (Fsp3) is 0.538. The van der Waals surface area contributed by atoms with Crippen LogP contribution in [0.5, 0.6) is 5.75 Å². The molecule has 2 rings (SSSR count). The highest BCUT2D eigenvalue weighted by Gasteiger charge is 2.26. The van der Waals surface area contributed by atoms with E-state index < -0.39 is 0 Å². The summed E-state index contributed by atoms with van der Waals surface area (Å²) in [5.74, 6) is 0.799. The lowest BCUT2D eigenvalue weighted by molar-refractivity contribution is 0.412. The number of methoxy groups -OCH3 is 1. The second-order valence-corrected chi connectivity index (χ2v) is 4.76. The zero-order chi connectivity index (χ0) is 12.3.